The van der Waals surface area contributed by atoms with E-state index >= 15 is 0 Å². The average molecular weight is 378 g/mol. The van der Waals surface area contributed by atoms with E-state index in [-0.39, 0.29) is 5.82 Å². The van der Waals surface area contributed by atoms with E-state index in [0.717, 1.165) is 43.8 Å². The van der Waals surface area contributed by atoms with Crippen LogP contribution in [0.1, 0.15) is 18.4 Å². The Morgan fingerprint density at radius 1 is 0.778 bits per heavy atom. The smallest absolute Gasteiger partial charge is 0.353 e. The Kier molecular flexibility index (Phi) is 4.75. The van der Waals surface area contributed by atoms with E-state index in [1.54, 1.807) is 11.1 Å². The van der Waals surface area contributed by atoms with Gasteiger partial charge in [-0.15, -0.1) is 0 Å². The zero-order valence-electron chi connectivity index (χ0n) is 14.9. The van der Waals surface area contributed by atoms with Crippen LogP contribution in [-0.2, 0) is 6.18 Å². The van der Waals surface area contributed by atoms with E-state index in [1.807, 2.05) is 6.07 Å². The summed E-state index contributed by atoms with van der Waals surface area (Å²) in [4.78, 5) is 19.0. The molecule has 4 heterocycles. The van der Waals surface area contributed by atoms with E-state index in [4.69, 9.17) is 0 Å². The third-order valence-corrected chi connectivity index (χ3v) is 5.01. The largest absolute Gasteiger partial charge is 0.419 e. The molecule has 2 aliphatic rings. The fourth-order valence-electron chi connectivity index (χ4n) is 3.60. The van der Waals surface area contributed by atoms with Crippen LogP contribution >= 0.6 is 0 Å². The van der Waals surface area contributed by atoms with Crippen LogP contribution in [0.25, 0.3) is 0 Å². The highest BCUT2D eigenvalue weighted by molar-refractivity contribution is 5.51. The predicted octanol–water partition coefficient (Wildman–Crippen LogP) is 2.82. The van der Waals surface area contributed by atoms with Crippen LogP contribution in [0, 0.1) is 0 Å². The van der Waals surface area contributed by atoms with E-state index in [1.165, 1.54) is 12.3 Å². The van der Waals surface area contributed by atoms with Gasteiger partial charge in [-0.05, 0) is 31.0 Å². The van der Waals surface area contributed by atoms with Gasteiger partial charge in [-0.2, -0.15) is 18.2 Å². The molecule has 0 radical (unpaired) electrons. The Balaban J connectivity index is 1.46. The van der Waals surface area contributed by atoms with Crippen molar-refractivity contribution in [2.75, 3.05) is 54.0 Å². The van der Waals surface area contributed by atoms with Gasteiger partial charge < -0.3 is 14.7 Å². The van der Waals surface area contributed by atoms with Crippen LogP contribution in [0.3, 0.4) is 0 Å². The molecule has 4 rings (SSSR count). The Bertz CT molecular complexity index is 783. The fraction of sp³-hybridized carbons (Fsp3) is 0.500. The van der Waals surface area contributed by atoms with Gasteiger partial charge in [0.25, 0.3) is 0 Å². The van der Waals surface area contributed by atoms with Crippen molar-refractivity contribution >= 4 is 17.6 Å². The first-order valence-electron chi connectivity index (χ1n) is 9.12. The summed E-state index contributed by atoms with van der Waals surface area (Å²) in [6.45, 7) is 4.04. The van der Waals surface area contributed by atoms with Crippen molar-refractivity contribution < 1.29 is 13.2 Å². The summed E-state index contributed by atoms with van der Waals surface area (Å²) in [5.74, 6) is 1.56. The molecule has 0 bridgehead atoms. The molecule has 0 amide bonds. The van der Waals surface area contributed by atoms with Crippen molar-refractivity contribution in [2.45, 2.75) is 19.0 Å². The molecule has 6 nitrogen and oxygen atoms in total. The molecule has 2 aliphatic heterocycles. The average Bonchev–Trinajstić information content (AvgIpc) is 3.23. The standard InChI is InChI=1S/C18H21F3N6/c19-18(20,21)14-4-3-6-22-16(14)26-12-10-25(11-13-26)15-5-7-23-17(24-15)27-8-1-2-9-27/h3-7H,1-2,8-13H2. The van der Waals surface area contributed by atoms with Gasteiger partial charge in [0.2, 0.25) is 5.95 Å². The summed E-state index contributed by atoms with van der Waals surface area (Å²) in [5.41, 5.74) is -0.684. The first kappa shape index (κ1) is 17.8. The molecule has 2 fully saturated rings. The Hall–Kier alpha value is -2.58. The summed E-state index contributed by atoms with van der Waals surface area (Å²) in [6, 6.07) is 4.27. The van der Waals surface area contributed by atoms with Crippen molar-refractivity contribution in [2.24, 2.45) is 0 Å². The summed E-state index contributed by atoms with van der Waals surface area (Å²) in [7, 11) is 0. The maximum Gasteiger partial charge on any atom is 0.419 e. The number of rotatable bonds is 3. The summed E-state index contributed by atoms with van der Waals surface area (Å²) < 4.78 is 39.7. The topological polar surface area (TPSA) is 48.4 Å². The van der Waals surface area contributed by atoms with Crippen LogP contribution in [0.5, 0.6) is 0 Å². The first-order valence-corrected chi connectivity index (χ1v) is 9.12. The zero-order chi connectivity index (χ0) is 18.9. The number of halogens is 3. The number of pyridine rings is 1. The Morgan fingerprint density at radius 3 is 2.19 bits per heavy atom. The van der Waals surface area contributed by atoms with Crippen LogP contribution in [0.2, 0.25) is 0 Å². The minimum atomic E-state index is -4.40. The minimum absolute atomic E-state index is 0.00472. The molecule has 2 aromatic rings. The molecular formula is C18H21F3N6. The van der Waals surface area contributed by atoms with Crippen molar-refractivity contribution in [3.8, 4) is 0 Å². The lowest BCUT2D eigenvalue weighted by atomic mass is 10.2. The second kappa shape index (κ2) is 7.21. The minimum Gasteiger partial charge on any atom is -0.353 e. The van der Waals surface area contributed by atoms with E-state index in [2.05, 4.69) is 24.8 Å². The van der Waals surface area contributed by atoms with Gasteiger partial charge >= 0.3 is 6.18 Å². The number of alkyl halides is 3. The van der Waals surface area contributed by atoms with Gasteiger partial charge in [-0.3, -0.25) is 0 Å². The van der Waals surface area contributed by atoms with Gasteiger partial charge in [0, 0.05) is 51.7 Å². The normalized spacial score (nSPS) is 18.3. The molecule has 0 saturated carbocycles. The van der Waals surface area contributed by atoms with E-state index in [9.17, 15) is 13.2 Å². The third kappa shape index (κ3) is 3.77. The van der Waals surface area contributed by atoms with Gasteiger partial charge in [0.15, 0.2) is 0 Å². The first-order chi connectivity index (χ1) is 13.0. The molecule has 0 N–H and O–H groups in total. The highest BCUT2D eigenvalue weighted by atomic mass is 19.4. The van der Waals surface area contributed by atoms with Crippen LogP contribution in [0.15, 0.2) is 30.6 Å². The molecule has 2 aromatic heterocycles. The van der Waals surface area contributed by atoms with Crippen LogP contribution < -0.4 is 14.7 Å². The van der Waals surface area contributed by atoms with Crippen LogP contribution in [-0.4, -0.2) is 54.2 Å². The van der Waals surface area contributed by atoms with Gasteiger partial charge in [-0.25, -0.2) is 9.97 Å². The Morgan fingerprint density at radius 2 is 1.48 bits per heavy atom. The van der Waals surface area contributed by atoms with E-state index < -0.39 is 11.7 Å². The molecule has 144 valence electrons. The zero-order valence-corrected chi connectivity index (χ0v) is 14.9. The molecule has 0 aliphatic carbocycles. The number of piperazine rings is 1. The molecule has 0 aromatic carbocycles. The van der Waals surface area contributed by atoms with Crippen LogP contribution in [0.4, 0.5) is 30.8 Å². The lowest BCUT2D eigenvalue weighted by molar-refractivity contribution is -0.137. The summed E-state index contributed by atoms with van der Waals surface area (Å²) in [6.07, 6.45) is 1.06. The number of nitrogens with zero attached hydrogens (tertiary/aromatic N) is 6. The van der Waals surface area contributed by atoms with Crippen molar-refractivity contribution in [1.29, 1.82) is 0 Å². The number of anilines is 3. The SMILES string of the molecule is FC(F)(F)c1cccnc1N1CCN(c2ccnc(N3CCCC3)n2)CC1. The second-order valence-electron chi connectivity index (χ2n) is 6.76. The number of aromatic nitrogens is 3. The molecule has 0 atom stereocenters. The van der Waals surface area contributed by atoms with Crippen molar-refractivity contribution in [3.05, 3.63) is 36.2 Å². The van der Waals surface area contributed by atoms with Gasteiger partial charge in [0.05, 0.1) is 5.56 Å². The molecule has 0 unspecified atom stereocenters. The monoisotopic (exact) mass is 378 g/mol. The maximum atomic E-state index is 13.2. The van der Waals surface area contributed by atoms with Crippen molar-refractivity contribution in [1.82, 2.24) is 15.0 Å². The highest BCUT2D eigenvalue weighted by Gasteiger charge is 2.36. The molecule has 27 heavy (non-hydrogen) atoms. The van der Waals surface area contributed by atoms with E-state index in [0.29, 0.717) is 26.2 Å². The maximum absolute atomic E-state index is 13.2. The predicted molar refractivity (Wildman–Crippen MR) is 97.1 cm³/mol. The third-order valence-electron chi connectivity index (χ3n) is 5.01. The molecular weight excluding hydrogens is 357 g/mol. The quantitative estimate of drug-likeness (QED) is 0.819. The number of hydrogen-bond donors (Lipinski definition) is 0. The lowest BCUT2D eigenvalue weighted by Crippen LogP contribution is -2.47. The van der Waals surface area contributed by atoms with Crippen molar-refractivity contribution in [3.63, 3.8) is 0 Å². The highest BCUT2D eigenvalue weighted by Crippen LogP contribution is 2.35. The molecule has 2 saturated heterocycles. The Labute approximate surface area is 155 Å². The number of hydrogen-bond acceptors (Lipinski definition) is 6. The fourth-order valence-corrected chi connectivity index (χ4v) is 3.60. The second-order valence-corrected chi connectivity index (χ2v) is 6.76. The van der Waals surface area contributed by atoms with Gasteiger partial charge in [0.1, 0.15) is 11.6 Å². The molecule has 0 spiro atoms. The molecule has 9 heteroatoms. The van der Waals surface area contributed by atoms with Gasteiger partial charge in [-0.1, -0.05) is 0 Å². The summed E-state index contributed by atoms with van der Waals surface area (Å²) in [5, 5.41) is 0. The lowest BCUT2D eigenvalue weighted by Gasteiger charge is -2.37. The summed E-state index contributed by atoms with van der Waals surface area (Å²) >= 11 is 0.